The number of hydrogen-bond acceptors (Lipinski definition) is 4. The monoisotopic (exact) mass is 488 g/mol. The molecule has 0 radical (unpaired) electrons. The normalized spacial score (nSPS) is 10.5. The third-order valence-corrected chi connectivity index (χ3v) is 8.20. The standard InChI is InChI=1S/C24H29BrN2S2/c1-3-5-7-9-11-19-14-21(13-18(16-26)17-27)28-23(19)22-15-20(24(25)29-22)12-10-8-6-4-2/h13-15H,3-12H2,1-2H3. The number of nitriles is 2. The number of allylic oxidation sites excluding steroid dienone is 1. The van der Waals surface area contributed by atoms with Crippen molar-refractivity contribution in [1.29, 1.82) is 10.5 Å². The van der Waals surface area contributed by atoms with Gasteiger partial charge in [0.1, 0.15) is 17.7 Å². The van der Waals surface area contributed by atoms with Crippen molar-refractivity contribution in [2.75, 3.05) is 0 Å². The summed E-state index contributed by atoms with van der Waals surface area (Å²) in [7, 11) is 0. The summed E-state index contributed by atoms with van der Waals surface area (Å²) in [5.41, 5.74) is 2.91. The van der Waals surface area contributed by atoms with E-state index in [0.29, 0.717) is 0 Å². The summed E-state index contributed by atoms with van der Waals surface area (Å²) in [5, 5.41) is 18.2. The van der Waals surface area contributed by atoms with Gasteiger partial charge in [-0.25, -0.2) is 0 Å². The molecule has 2 heterocycles. The number of rotatable bonds is 12. The smallest absolute Gasteiger partial charge is 0.131 e. The van der Waals surface area contributed by atoms with Gasteiger partial charge < -0.3 is 0 Å². The maximum atomic E-state index is 9.10. The Morgan fingerprint density at radius 2 is 1.52 bits per heavy atom. The van der Waals surface area contributed by atoms with E-state index >= 15 is 0 Å². The lowest BCUT2D eigenvalue weighted by Gasteiger charge is -2.02. The highest BCUT2D eigenvalue weighted by Crippen LogP contribution is 2.42. The van der Waals surface area contributed by atoms with E-state index in [1.54, 1.807) is 17.4 Å². The van der Waals surface area contributed by atoms with Gasteiger partial charge in [-0.05, 0) is 70.9 Å². The fourth-order valence-electron chi connectivity index (χ4n) is 3.32. The molecule has 0 fully saturated rings. The Bertz CT molecular complexity index is 877. The van der Waals surface area contributed by atoms with Crippen molar-refractivity contribution in [2.45, 2.75) is 78.1 Å². The predicted octanol–water partition coefficient (Wildman–Crippen LogP) is 8.92. The molecule has 0 spiro atoms. The minimum absolute atomic E-state index is 0.166. The van der Waals surface area contributed by atoms with Crippen LogP contribution in [0.3, 0.4) is 0 Å². The Morgan fingerprint density at radius 3 is 2.10 bits per heavy atom. The predicted molar refractivity (Wildman–Crippen MR) is 130 cm³/mol. The van der Waals surface area contributed by atoms with Crippen molar-refractivity contribution in [3.05, 3.63) is 37.5 Å². The minimum Gasteiger partial charge on any atom is -0.192 e. The van der Waals surface area contributed by atoms with Crippen LogP contribution >= 0.6 is 38.6 Å². The summed E-state index contributed by atoms with van der Waals surface area (Å²) in [6, 6.07) is 8.47. The van der Waals surface area contributed by atoms with E-state index in [-0.39, 0.29) is 5.57 Å². The number of thiophene rings is 2. The van der Waals surface area contributed by atoms with Gasteiger partial charge in [0.05, 0.1) is 3.79 Å². The second kappa shape index (κ2) is 13.0. The SMILES string of the molecule is CCCCCCc1cc(-c2sc(C=C(C#N)C#N)cc2CCCCCC)sc1Br. The van der Waals surface area contributed by atoms with Crippen LogP contribution in [-0.2, 0) is 12.8 Å². The van der Waals surface area contributed by atoms with Gasteiger partial charge in [-0.15, -0.1) is 22.7 Å². The van der Waals surface area contributed by atoms with Crippen LogP contribution in [0.15, 0.2) is 21.5 Å². The number of unbranched alkanes of at least 4 members (excludes halogenated alkanes) is 6. The molecule has 0 bridgehead atoms. The van der Waals surface area contributed by atoms with Crippen LogP contribution in [0.1, 0.15) is 81.2 Å². The van der Waals surface area contributed by atoms with Gasteiger partial charge in [0.2, 0.25) is 0 Å². The van der Waals surface area contributed by atoms with E-state index in [9.17, 15) is 0 Å². The fourth-order valence-corrected chi connectivity index (χ4v) is 6.38. The highest BCUT2D eigenvalue weighted by atomic mass is 79.9. The summed E-state index contributed by atoms with van der Waals surface area (Å²) in [5.74, 6) is 0. The van der Waals surface area contributed by atoms with Crippen molar-refractivity contribution in [3.8, 4) is 21.9 Å². The van der Waals surface area contributed by atoms with Crippen molar-refractivity contribution in [3.63, 3.8) is 0 Å². The number of nitrogens with zero attached hydrogens (tertiary/aromatic N) is 2. The van der Waals surface area contributed by atoms with E-state index in [1.807, 2.05) is 23.5 Å². The number of hydrogen-bond donors (Lipinski definition) is 0. The molecule has 0 saturated heterocycles. The molecule has 2 aromatic heterocycles. The third-order valence-electron chi connectivity index (χ3n) is 4.94. The second-order valence-corrected chi connectivity index (χ2v) is 10.8. The van der Waals surface area contributed by atoms with Crippen LogP contribution in [0.5, 0.6) is 0 Å². The van der Waals surface area contributed by atoms with E-state index < -0.39 is 0 Å². The van der Waals surface area contributed by atoms with Crippen LogP contribution in [0.4, 0.5) is 0 Å². The lowest BCUT2D eigenvalue weighted by Crippen LogP contribution is -1.86. The van der Waals surface area contributed by atoms with Crippen LogP contribution in [-0.4, -0.2) is 0 Å². The summed E-state index contributed by atoms with van der Waals surface area (Å²) in [6.45, 7) is 4.48. The lowest BCUT2D eigenvalue weighted by atomic mass is 10.0. The zero-order chi connectivity index (χ0) is 21.1. The molecule has 0 aliphatic heterocycles. The Labute approximate surface area is 192 Å². The van der Waals surface area contributed by atoms with E-state index in [1.165, 1.54) is 76.0 Å². The molecule has 0 aliphatic carbocycles. The number of halogens is 1. The summed E-state index contributed by atoms with van der Waals surface area (Å²) >= 11 is 7.29. The van der Waals surface area contributed by atoms with Crippen molar-refractivity contribution in [1.82, 2.24) is 0 Å². The topological polar surface area (TPSA) is 47.6 Å². The average Bonchev–Trinajstić information content (AvgIpc) is 3.29. The molecule has 0 amide bonds. The average molecular weight is 490 g/mol. The quantitative estimate of drug-likeness (QED) is 0.221. The molecule has 0 saturated carbocycles. The van der Waals surface area contributed by atoms with Gasteiger partial charge in [0.15, 0.2) is 0 Å². The van der Waals surface area contributed by atoms with Gasteiger partial charge in [-0.1, -0.05) is 52.4 Å². The molecule has 2 rings (SSSR count). The molecule has 2 aromatic rings. The highest BCUT2D eigenvalue weighted by Gasteiger charge is 2.15. The first-order chi connectivity index (χ1) is 14.1. The highest BCUT2D eigenvalue weighted by molar-refractivity contribution is 9.11. The Balaban J connectivity index is 2.27. The second-order valence-electron chi connectivity index (χ2n) is 7.32. The van der Waals surface area contributed by atoms with Gasteiger partial charge in [0.25, 0.3) is 0 Å². The molecule has 0 atom stereocenters. The summed E-state index contributed by atoms with van der Waals surface area (Å²) in [4.78, 5) is 3.60. The van der Waals surface area contributed by atoms with Crippen molar-refractivity contribution in [2.24, 2.45) is 0 Å². The Morgan fingerprint density at radius 1 is 0.897 bits per heavy atom. The minimum atomic E-state index is 0.166. The van der Waals surface area contributed by atoms with Crippen LogP contribution in [0.25, 0.3) is 15.8 Å². The molecule has 5 heteroatoms. The van der Waals surface area contributed by atoms with E-state index in [0.717, 1.165) is 17.7 Å². The van der Waals surface area contributed by atoms with Gasteiger partial charge >= 0.3 is 0 Å². The van der Waals surface area contributed by atoms with Crippen molar-refractivity contribution < 1.29 is 0 Å². The molecule has 0 aromatic carbocycles. The van der Waals surface area contributed by atoms with Gasteiger partial charge in [-0.3, -0.25) is 0 Å². The molecule has 29 heavy (non-hydrogen) atoms. The Kier molecular flexibility index (Phi) is 10.7. The number of aryl methyl sites for hydroxylation is 2. The fraction of sp³-hybridized carbons (Fsp3) is 0.500. The van der Waals surface area contributed by atoms with Crippen molar-refractivity contribution >= 4 is 44.7 Å². The molecule has 0 unspecified atom stereocenters. The summed E-state index contributed by atoms with van der Waals surface area (Å²) in [6.07, 6.45) is 13.9. The van der Waals surface area contributed by atoms with E-state index in [2.05, 4.69) is 41.9 Å². The third kappa shape index (κ3) is 7.41. The molecule has 154 valence electrons. The van der Waals surface area contributed by atoms with Crippen LogP contribution in [0, 0.1) is 22.7 Å². The van der Waals surface area contributed by atoms with Crippen LogP contribution in [0.2, 0.25) is 0 Å². The first kappa shape index (κ1) is 23.9. The first-order valence-corrected chi connectivity index (χ1v) is 13.0. The van der Waals surface area contributed by atoms with Gasteiger partial charge in [0, 0.05) is 14.6 Å². The molecule has 2 nitrogen and oxygen atoms in total. The van der Waals surface area contributed by atoms with Gasteiger partial charge in [-0.2, -0.15) is 10.5 Å². The molecule has 0 N–H and O–H groups in total. The van der Waals surface area contributed by atoms with E-state index in [4.69, 9.17) is 10.5 Å². The zero-order valence-electron chi connectivity index (χ0n) is 17.4. The molecular weight excluding hydrogens is 460 g/mol. The zero-order valence-corrected chi connectivity index (χ0v) is 20.6. The Hall–Kier alpha value is -1.40. The van der Waals surface area contributed by atoms with Crippen LogP contribution < -0.4 is 0 Å². The maximum Gasteiger partial charge on any atom is 0.131 e. The largest absolute Gasteiger partial charge is 0.192 e. The first-order valence-electron chi connectivity index (χ1n) is 10.6. The molecular formula is C24H29BrN2S2. The summed E-state index contributed by atoms with van der Waals surface area (Å²) < 4.78 is 1.24. The molecule has 0 aliphatic rings. The lowest BCUT2D eigenvalue weighted by molar-refractivity contribution is 0.667. The maximum absolute atomic E-state index is 9.10.